The quantitative estimate of drug-likeness (QED) is 0.444. The van der Waals surface area contributed by atoms with Gasteiger partial charge in [-0.05, 0) is 55.0 Å². The molecule has 0 saturated carbocycles. The van der Waals surface area contributed by atoms with Crippen LogP contribution in [0.3, 0.4) is 0 Å². The van der Waals surface area contributed by atoms with Gasteiger partial charge in [-0.3, -0.25) is 5.32 Å². The molecule has 148 valence electrons. The molecule has 0 saturated heterocycles. The highest BCUT2D eigenvalue weighted by Gasteiger charge is 2.11. The van der Waals surface area contributed by atoms with Crippen LogP contribution in [0.25, 0.3) is 0 Å². The smallest absolute Gasteiger partial charge is 0.320 e. The third-order valence-corrected chi connectivity index (χ3v) is 4.17. The first-order valence-corrected chi connectivity index (χ1v) is 8.80. The number of aromatic nitrogens is 1. The fraction of sp³-hybridized carbons (Fsp3) is 0.0952. The molecule has 0 radical (unpaired) electrons. The fourth-order valence-corrected chi connectivity index (χ4v) is 2.64. The molecule has 6 nitrogen and oxygen atoms in total. The Labute approximate surface area is 166 Å². The third-order valence-electron chi connectivity index (χ3n) is 4.17. The molecule has 3 aromatic rings. The minimum absolute atomic E-state index is 0.261. The lowest BCUT2D eigenvalue weighted by molar-refractivity contribution is 0.249. The van der Waals surface area contributed by atoms with Crippen molar-refractivity contribution >= 4 is 29.4 Å². The molecule has 0 aliphatic heterocycles. The average molecular weight is 395 g/mol. The number of urea groups is 1. The first kappa shape index (κ1) is 19.9. The summed E-state index contributed by atoms with van der Waals surface area (Å²) in [7, 11) is 0. The largest absolute Gasteiger partial charge is 0.354 e. The molecule has 1 aromatic heterocycles. The van der Waals surface area contributed by atoms with E-state index in [9.17, 15) is 13.6 Å². The van der Waals surface area contributed by atoms with Crippen LogP contribution in [0.1, 0.15) is 24.1 Å². The van der Waals surface area contributed by atoms with Crippen molar-refractivity contribution in [3.8, 4) is 0 Å². The standard InChI is InChI=1S/C21H19F2N5O/c1-13(14-2-4-16(22)5-3-14)26-21(29)28-20-10-15(11-24)19(12-25-20)27-18-8-6-17(23)7-9-18/h2-13,24,27H,1H3,(H2,25,26,28,29)/t13-/m1/s1. The number of nitrogens with zero attached hydrogens (tertiary/aromatic N) is 1. The first-order valence-electron chi connectivity index (χ1n) is 8.80. The van der Waals surface area contributed by atoms with Gasteiger partial charge >= 0.3 is 6.03 Å². The van der Waals surface area contributed by atoms with Crippen molar-refractivity contribution in [3.05, 3.63) is 83.6 Å². The molecule has 0 fully saturated rings. The van der Waals surface area contributed by atoms with Crippen LogP contribution >= 0.6 is 0 Å². The van der Waals surface area contributed by atoms with Gasteiger partial charge < -0.3 is 16.0 Å². The summed E-state index contributed by atoms with van der Waals surface area (Å²) in [5.41, 5.74) is 2.43. The summed E-state index contributed by atoms with van der Waals surface area (Å²) in [6.07, 6.45) is 2.60. The Kier molecular flexibility index (Phi) is 6.13. The van der Waals surface area contributed by atoms with Gasteiger partial charge in [0.05, 0.1) is 17.9 Å². The minimum atomic E-state index is -0.482. The zero-order chi connectivity index (χ0) is 20.8. The Hall–Kier alpha value is -3.81. The zero-order valence-electron chi connectivity index (χ0n) is 15.5. The molecule has 8 heteroatoms. The number of carbonyl (C=O) groups is 1. The summed E-state index contributed by atoms with van der Waals surface area (Å²) in [6.45, 7) is 1.78. The number of amides is 2. The number of hydrogen-bond donors (Lipinski definition) is 4. The molecular formula is C21H19F2N5O. The van der Waals surface area contributed by atoms with E-state index in [0.29, 0.717) is 16.9 Å². The number of nitrogens with one attached hydrogen (secondary N) is 4. The van der Waals surface area contributed by atoms with Crippen molar-refractivity contribution in [1.29, 1.82) is 5.41 Å². The lowest BCUT2D eigenvalue weighted by Gasteiger charge is -2.15. The number of hydrogen-bond acceptors (Lipinski definition) is 4. The van der Waals surface area contributed by atoms with E-state index in [2.05, 4.69) is 20.9 Å². The normalized spacial score (nSPS) is 11.4. The van der Waals surface area contributed by atoms with Crippen molar-refractivity contribution in [2.75, 3.05) is 10.6 Å². The van der Waals surface area contributed by atoms with Crippen LogP contribution in [0, 0.1) is 17.0 Å². The molecule has 0 aliphatic carbocycles. The maximum absolute atomic E-state index is 13.0. The molecule has 1 atom stereocenters. The first-order chi connectivity index (χ1) is 13.9. The van der Waals surface area contributed by atoms with E-state index >= 15 is 0 Å². The highest BCUT2D eigenvalue weighted by molar-refractivity contribution is 5.92. The molecule has 0 spiro atoms. The zero-order valence-corrected chi connectivity index (χ0v) is 15.5. The predicted molar refractivity (Wildman–Crippen MR) is 109 cm³/mol. The molecule has 0 unspecified atom stereocenters. The Morgan fingerprint density at radius 1 is 1.07 bits per heavy atom. The van der Waals surface area contributed by atoms with Crippen LogP contribution in [-0.2, 0) is 0 Å². The Balaban J connectivity index is 1.66. The number of halogens is 2. The Bertz CT molecular complexity index is 1010. The van der Waals surface area contributed by atoms with E-state index < -0.39 is 6.03 Å². The summed E-state index contributed by atoms with van der Waals surface area (Å²) < 4.78 is 26.0. The van der Waals surface area contributed by atoms with Crippen molar-refractivity contribution < 1.29 is 13.6 Å². The average Bonchev–Trinajstić information content (AvgIpc) is 2.71. The summed E-state index contributed by atoms with van der Waals surface area (Å²) in [4.78, 5) is 16.4. The minimum Gasteiger partial charge on any atom is -0.354 e. The number of anilines is 3. The molecule has 29 heavy (non-hydrogen) atoms. The van der Waals surface area contributed by atoms with E-state index in [0.717, 1.165) is 11.8 Å². The Morgan fingerprint density at radius 3 is 2.31 bits per heavy atom. The number of benzene rings is 2. The highest BCUT2D eigenvalue weighted by Crippen LogP contribution is 2.22. The van der Waals surface area contributed by atoms with Crippen LogP contribution in [-0.4, -0.2) is 17.2 Å². The second kappa shape index (κ2) is 8.92. The summed E-state index contributed by atoms with van der Waals surface area (Å²) >= 11 is 0. The maximum atomic E-state index is 13.0. The van der Waals surface area contributed by atoms with Crippen molar-refractivity contribution in [2.45, 2.75) is 13.0 Å². The summed E-state index contributed by atoms with van der Waals surface area (Å²) in [6, 6.07) is 12.4. The lowest BCUT2D eigenvalue weighted by Crippen LogP contribution is -2.31. The third kappa shape index (κ3) is 5.35. The molecule has 1 heterocycles. The van der Waals surface area contributed by atoms with Crippen molar-refractivity contribution in [3.63, 3.8) is 0 Å². The van der Waals surface area contributed by atoms with E-state index in [4.69, 9.17) is 5.41 Å². The van der Waals surface area contributed by atoms with Crippen molar-refractivity contribution in [1.82, 2.24) is 10.3 Å². The second-order valence-corrected chi connectivity index (χ2v) is 6.30. The Morgan fingerprint density at radius 2 is 1.69 bits per heavy atom. The van der Waals surface area contributed by atoms with Gasteiger partial charge in [0.1, 0.15) is 17.5 Å². The monoisotopic (exact) mass is 395 g/mol. The van der Waals surface area contributed by atoms with Gasteiger partial charge in [0, 0.05) is 17.5 Å². The highest BCUT2D eigenvalue weighted by atomic mass is 19.1. The summed E-state index contributed by atoms with van der Waals surface area (Å²) in [5.74, 6) is -0.429. The number of pyridine rings is 1. The van der Waals surface area contributed by atoms with Gasteiger partial charge in [0.2, 0.25) is 0 Å². The molecular weight excluding hydrogens is 376 g/mol. The molecule has 0 aliphatic rings. The second-order valence-electron chi connectivity index (χ2n) is 6.30. The molecule has 0 bridgehead atoms. The number of carbonyl (C=O) groups excluding carboxylic acids is 1. The van der Waals surface area contributed by atoms with Crippen molar-refractivity contribution in [2.24, 2.45) is 0 Å². The van der Waals surface area contributed by atoms with E-state index in [1.807, 2.05) is 0 Å². The fourth-order valence-electron chi connectivity index (χ4n) is 2.64. The lowest BCUT2D eigenvalue weighted by atomic mass is 10.1. The predicted octanol–water partition coefficient (Wildman–Crippen LogP) is 4.98. The SMILES string of the molecule is C[C@@H](NC(=O)Nc1cc(C=N)c(Nc2ccc(F)cc2)cn1)c1ccc(F)cc1. The van der Waals surface area contributed by atoms with Gasteiger partial charge in [0.15, 0.2) is 0 Å². The molecule has 3 rings (SSSR count). The van der Waals surface area contributed by atoms with Gasteiger partial charge in [0.25, 0.3) is 0 Å². The van der Waals surface area contributed by atoms with E-state index in [1.54, 1.807) is 37.3 Å². The van der Waals surface area contributed by atoms with E-state index in [1.165, 1.54) is 30.5 Å². The maximum Gasteiger partial charge on any atom is 0.320 e. The van der Waals surface area contributed by atoms with Crippen LogP contribution in [0.15, 0.2) is 60.8 Å². The van der Waals surface area contributed by atoms with Crippen LogP contribution < -0.4 is 16.0 Å². The van der Waals surface area contributed by atoms with Crippen LogP contribution in [0.2, 0.25) is 0 Å². The van der Waals surface area contributed by atoms with Gasteiger partial charge in [-0.2, -0.15) is 0 Å². The molecule has 2 aromatic carbocycles. The van der Waals surface area contributed by atoms with Crippen LogP contribution in [0.4, 0.5) is 30.8 Å². The van der Waals surface area contributed by atoms with Gasteiger partial charge in [-0.1, -0.05) is 12.1 Å². The molecule has 2 amide bonds. The van der Waals surface area contributed by atoms with Crippen LogP contribution in [0.5, 0.6) is 0 Å². The van der Waals surface area contributed by atoms with Gasteiger partial charge in [-0.25, -0.2) is 18.6 Å². The topological polar surface area (TPSA) is 89.9 Å². The van der Waals surface area contributed by atoms with E-state index in [-0.39, 0.29) is 23.5 Å². The van der Waals surface area contributed by atoms with Gasteiger partial charge in [-0.15, -0.1) is 0 Å². The summed E-state index contributed by atoms with van der Waals surface area (Å²) in [5, 5.41) is 16.0. The molecule has 4 N–H and O–H groups in total. The number of rotatable bonds is 6.